The number of benzene rings is 1. The molecular formula is C18H24IN7S. The van der Waals surface area contributed by atoms with E-state index in [1.54, 1.807) is 24.7 Å². The molecule has 2 aromatic heterocycles. The Hall–Kier alpha value is -2.01. The number of thiazole rings is 1. The SMILES string of the molecule is CCc1nncn1CCNC(=NC)NCc1nc(-c2ccccc2)cs1.I. The first kappa shape index (κ1) is 21.3. The van der Waals surface area contributed by atoms with Crippen LogP contribution in [0.5, 0.6) is 0 Å². The van der Waals surface area contributed by atoms with Crippen LogP contribution in [0.15, 0.2) is 47.0 Å². The van der Waals surface area contributed by atoms with E-state index in [-0.39, 0.29) is 24.0 Å². The Morgan fingerprint density at radius 3 is 2.78 bits per heavy atom. The largest absolute Gasteiger partial charge is 0.355 e. The zero-order valence-corrected chi connectivity index (χ0v) is 18.6. The Morgan fingerprint density at radius 1 is 1.22 bits per heavy atom. The molecule has 0 amide bonds. The van der Waals surface area contributed by atoms with E-state index < -0.39 is 0 Å². The van der Waals surface area contributed by atoms with Crippen molar-refractivity contribution in [1.29, 1.82) is 0 Å². The van der Waals surface area contributed by atoms with Crippen LogP contribution in [0.4, 0.5) is 0 Å². The summed E-state index contributed by atoms with van der Waals surface area (Å²) in [5.74, 6) is 1.75. The highest BCUT2D eigenvalue weighted by Gasteiger charge is 2.06. The number of guanidine groups is 1. The van der Waals surface area contributed by atoms with E-state index in [1.165, 1.54) is 0 Å². The molecule has 144 valence electrons. The molecule has 0 unspecified atom stereocenters. The summed E-state index contributed by atoms with van der Waals surface area (Å²) in [6.07, 6.45) is 2.64. The van der Waals surface area contributed by atoms with Crippen LogP contribution in [0, 0.1) is 0 Å². The Bertz CT molecular complexity index is 844. The van der Waals surface area contributed by atoms with Gasteiger partial charge < -0.3 is 15.2 Å². The lowest BCUT2D eigenvalue weighted by Crippen LogP contribution is -2.38. The zero-order valence-electron chi connectivity index (χ0n) is 15.4. The van der Waals surface area contributed by atoms with Crippen LogP contribution in [-0.2, 0) is 19.5 Å². The second-order valence-electron chi connectivity index (χ2n) is 5.64. The molecule has 0 saturated carbocycles. The van der Waals surface area contributed by atoms with Gasteiger partial charge in [0.05, 0.1) is 12.2 Å². The second kappa shape index (κ2) is 11.0. The van der Waals surface area contributed by atoms with E-state index in [1.807, 2.05) is 22.8 Å². The summed E-state index contributed by atoms with van der Waals surface area (Å²) in [4.78, 5) is 8.94. The van der Waals surface area contributed by atoms with E-state index in [9.17, 15) is 0 Å². The molecule has 0 spiro atoms. The molecule has 0 aliphatic carbocycles. The van der Waals surface area contributed by atoms with Gasteiger partial charge in [-0.2, -0.15) is 0 Å². The van der Waals surface area contributed by atoms with Gasteiger partial charge in [0.15, 0.2) is 5.96 Å². The van der Waals surface area contributed by atoms with Crippen LogP contribution in [0.3, 0.4) is 0 Å². The van der Waals surface area contributed by atoms with Crippen molar-refractivity contribution in [2.45, 2.75) is 26.4 Å². The molecule has 0 aliphatic heterocycles. The van der Waals surface area contributed by atoms with Crippen LogP contribution < -0.4 is 10.6 Å². The molecule has 1 aromatic carbocycles. The van der Waals surface area contributed by atoms with E-state index in [0.717, 1.165) is 47.6 Å². The Morgan fingerprint density at radius 2 is 2.04 bits per heavy atom. The predicted octanol–water partition coefficient (Wildman–Crippen LogP) is 2.95. The molecule has 0 atom stereocenters. The van der Waals surface area contributed by atoms with Crippen LogP contribution in [-0.4, -0.2) is 39.3 Å². The summed E-state index contributed by atoms with van der Waals surface area (Å²) in [6.45, 7) is 4.26. The van der Waals surface area contributed by atoms with Crippen LogP contribution in [0.1, 0.15) is 17.8 Å². The van der Waals surface area contributed by atoms with Crippen molar-refractivity contribution in [1.82, 2.24) is 30.4 Å². The highest BCUT2D eigenvalue weighted by Crippen LogP contribution is 2.21. The lowest BCUT2D eigenvalue weighted by Gasteiger charge is -2.11. The monoisotopic (exact) mass is 497 g/mol. The summed E-state index contributed by atoms with van der Waals surface area (Å²) in [7, 11) is 1.77. The molecule has 0 bridgehead atoms. The lowest BCUT2D eigenvalue weighted by atomic mass is 10.2. The fourth-order valence-electron chi connectivity index (χ4n) is 2.55. The molecule has 2 N–H and O–H groups in total. The molecule has 27 heavy (non-hydrogen) atoms. The Balaban J connectivity index is 0.00000261. The van der Waals surface area contributed by atoms with Gasteiger partial charge in [-0.3, -0.25) is 4.99 Å². The van der Waals surface area contributed by atoms with E-state index in [2.05, 4.69) is 55.2 Å². The maximum absolute atomic E-state index is 4.68. The number of rotatable bonds is 7. The third-order valence-electron chi connectivity index (χ3n) is 3.91. The fourth-order valence-corrected chi connectivity index (χ4v) is 3.29. The number of hydrogen-bond donors (Lipinski definition) is 2. The molecular weight excluding hydrogens is 473 g/mol. The lowest BCUT2D eigenvalue weighted by molar-refractivity contribution is 0.632. The molecule has 3 aromatic rings. The van der Waals surface area contributed by atoms with Crippen molar-refractivity contribution in [3.8, 4) is 11.3 Å². The van der Waals surface area contributed by atoms with Gasteiger partial charge in [0.1, 0.15) is 17.2 Å². The van der Waals surface area contributed by atoms with Crippen LogP contribution >= 0.6 is 35.3 Å². The maximum atomic E-state index is 4.68. The molecule has 7 nitrogen and oxygen atoms in total. The third kappa shape index (κ3) is 5.99. The normalized spacial score (nSPS) is 11.1. The van der Waals surface area contributed by atoms with Crippen molar-refractivity contribution in [2.75, 3.05) is 13.6 Å². The number of aryl methyl sites for hydroxylation is 1. The van der Waals surface area contributed by atoms with Gasteiger partial charge in [-0.25, -0.2) is 4.98 Å². The summed E-state index contributed by atoms with van der Waals surface area (Å²) in [5, 5.41) is 17.8. The van der Waals surface area contributed by atoms with Crippen molar-refractivity contribution < 1.29 is 0 Å². The molecule has 0 saturated heterocycles. The maximum Gasteiger partial charge on any atom is 0.191 e. The zero-order chi connectivity index (χ0) is 18.2. The number of aliphatic imine (C=N–C) groups is 1. The Kier molecular flexibility index (Phi) is 8.65. The Labute approximate surface area is 180 Å². The van der Waals surface area contributed by atoms with Gasteiger partial charge in [-0.05, 0) is 0 Å². The van der Waals surface area contributed by atoms with Crippen molar-refractivity contribution in [3.05, 3.63) is 52.9 Å². The van der Waals surface area contributed by atoms with Gasteiger partial charge >= 0.3 is 0 Å². The first-order chi connectivity index (χ1) is 12.8. The highest BCUT2D eigenvalue weighted by atomic mass is 127. The van der Waals surface area contributed by atoms with Gasteiger partial charge in [0.2, 0.25) is 0 Å². The van der Waals surface area contributed by atoms with Gasteiger partial charge in [-0.15, -0.1) is 45.5 Å². The van der Waals surface area contributed by atoms with Crippen molar-refractivity contribution in [2.24, 2.45) is 4.99 Å². The minimum absolute atomic E-state index is 0. The van der Waals surface area contributed by atoms with Crippen LogP contribution in [0.25, 0.3) is 11.3 Å². The average molecular weight is 497 g/mol. The number of nitrogens with zero attached hydrogens (tertiary/aromatic N) is 5. The van der Waals surface area contributed by atoms with Crippen LogP contribution in [0.2, 0.25) is 0 Å². The van der Waals surface area contributed by atoms with E-state index in [0.29, 0.717) is 6.54 Å². The average Bonchev–Trinajstić information content (AvgIpc) is 3.34. The minimum Gasteiger partial charge on any atom is -0.355 e. The summed E-state index contributed by atoms with van der Waals surface area (Å²) in [5.41, 5.74) is 2.15. The van der Waals surface area contributed by atoms with Gasteiger partial charge in [-0.1, -0.05) is 37.3 Å². The standard InChI is InChI=1S/C18H23N7S.HI/c1-3-16-24-22-13-25(16)10-9-20-18(19-2)21-11-17-23-15(12-26-17)14-7-5-4-6-8-14;/h4-8,12-13H,3,9-11H2,1-2H3,(H2,19,20,21);1H. The van der Waals surface area contributed by atoms with Crippen molar-refractivity contribution >= 4 is 41.3 Å². The van der Waals surface area contributed by atoms with Crippen molar-refractivity contribution in [3.63, 3.8) is 0 Å². The highest BCUT2D eigenvalue weighted by molar-refractivity contribution is 14.0. The molecule has 2 heterocycles. The summed E-state index contributed by atoms with van der Waals surface area (Å²) in [6, 6.07) is 10.2. The molecule has 0 fully saturated rings. The van der Waals surface area contributed by atoms with E-state index in [4.69, 9.17) is 0 Å². The molecule has 0 aliphatic rings. The van der Waals surface area contributed by atoms with E-state index >= 15 is 0 Å². The first-order valence-corrected chi connectivity index (χ1v) is 9.49. The minimum atomic E-state index is 0. The molecule has 3 rings (SSSR count). The second-order valence-corrected chi connectivity index (χ2v) is 6.58. The predicted molar refractivity (Wildman–Crippen MR) is 121 cm³/mol. The van der Waals surface area contributed by atoms with Gasteiger partial charge in [0, 0.05) is 37.5 Å². The third-order valence-corrected chi connectivity index (χ3v) is 4.76. The number of hydrogen-bond acceptors (Lipinski definition) is 5. The summed E-state index contributed by atoms with van der Waals surface area (Å²) < 4.78 is 2.05. The number of nitrogens with one attached hydrogen (secondary N) is 2. The smallest absolute Gasteiger partial charge is 0.191 e. The molecule has 0 radical (unpaired) electrons. The van der Waals surface area contributed by atoms with Gasteiger partial charge in [0.25, 0.3) is 0 Å². The first-order valence-electron chi connectivity index (χ1n) is 8.61. The topological polar surface area (TPSA) is 80.0 Å². The number of aromatic nitrogens is 4. The number of halogens is 1. The quantitative estimate of drug-likeness (QED) is 0.298. The fraction of sp³-hybridized carbons (Fsp3) is 0.333. The molecule has 9 heteroatoms. The summed E-state index contributed by atoms with van der Waals surface area (Å²) >= 11 is 1.65.